The van der Waals surface area contributed by atoms with Crippen LogP contribution in [0.5, 0.6) is 0 Å². The van der Waals surface area contributed by atoms with Crippen LogP contribution in [0.1, 0.15) is 16.7 Å². The Morgan fingerprint density at radius 2 is 1.72 bits per heavy atom. The lowest BCUT2D eigenvalue weighted by Crippen LogP contribution is -2.07. The van der Waals surface area contributed by atoms with Gasteiger partial charge >= 0.3 is 0 Å². The van der Waals surface area contributed by atoms with Gasteiger partial charge in [0.05, 0.1) is 0 Å². The molecule has 0 aliphatic carbocycles. The number of hydrogen-bond acceptors (Lipinski definition) is 3. The Hall–Kier alpha value is -3.37. The van der Waals surface area contributed by atoms with Gasteiger partial charge in [-0.1, -0.05) is 40.9 Å². The number of hydrogen-bond donors (Lipinski definition) is 1. The van der Waals surface area contributed by atoms with Crippen LogP contribution in [0, 0.1) is 13.8 Å². The fourth-order valence-electron chi connectivity index (χ4n) is 3.16. The van der Waals surface area contributed by atoms with Gasteiger partial charge in [0.25, 0.3) is 0 Å². The number of benzene rings is 3. The SMILES string of the molecule is Cc1cc(C)cc(-c2nc3cc(NC(=O)/C=C/c4ccc(Cl)cc4)ccc3o2)c1. The molecular weight excluding hydrogens is 384 g/mol. The molecule has 3 aromatic carbocycles. The summed E-state index contributed by atoms with van der Waals surface area (Å²) < 4.78 is 5.89. The summed E-state index contributed by atoms with van der Waals surface area (Å²) in [6, 6.07) is 18.9. The summed E-state index contributed by atoms with van der Waals surface area (Å²) in [4.78, 5) is 16.8. The molecule has 29 heavy (non-hydrogen) atoms. The predicted molar refractivity (Wildman–Crippen MR) is 118 cm³/mol. The van der Waals surface area contributed by atoms with Gasteiger partial charge in [0.15, 0.2) is 5.58 Å². The van der Waals surface area contributed by atoms with Crippen LogP contribution in [0.3, 0.4) is 0 Å². The quantitative estimate of drug-likeness (QED) is 0.401. The van der Waals surface area contributed by atoms with Crippen molar-refractivity contribution in [1.82, 2.24) is 4.98 Å². The highest BCUT2D eigenvalue weighted by atomic mass is 35.5. The molecule has 0 aliphatic rings. The van der Waals surface area contributed by atoms with E-state index >= 15 is 0 Å². The molecule has 0 saturated heterocycles. The molecule has 0 atom stereocenters. The molecule has 4 nitrogen and oxygen atoms in total. The monoisotopic (exact) mass is 402 g/mol. The molecule has 1 aromatic heterocycles. The Labute approximate surface area is 173 Å². The van der Waals surface area contributed by atoms with Crippen LogP contribution in [0.25, 0.3) is 28.6 Å². The van der Waals surface area contributed by atoms with Crippen LogP contribution in [-0.2, 0) is 4.79 Å². The fraction of sp³-hybridized carbons (Fsp3) is 0.0833. The summed E-state index contributed by atoms with van der Waals surface area (Å²) >= 11 is 5.87. The average Bonchev–Trinajstić information content (AvgIpc) is 3.10. The number of halogens is 1. The number of rotatable bonds is 4. The number of fused-ring (bicyclic) bond motifs is 1. The molecule has 0 radical (unpaired) electrons. The van der Waals surface area contributed by atoms with Crippen molar-refractivity contribution in [2.24, 2.45) is 0 Å². The molecule has 0 aliphatic heterocycles. The minimum absolute atomic E-state index is 0.225. The van der Waals surface area contributed by atoms with Crippen molar-refractivity contribution in [2.75, 3.05) is 5.32 Å². The normalized spacial score (nSPS) is 11.3. The maximum atomic E-state index is 12.2. The zero-order chi connectivity index (χ0) is 20.4. The Balaban J connectivity index is 1.52. The maximum Gasteiger partial charge on any atom is 0.248 e. The first-order valence-electron chi connectivity index (χ1n) is 9.20. The number of anilines is 1. The molecule has 4 rings (SSSR count). The van der Waals surface area contributed by atoms with E-state index < -0.39 is 0 Å². The average molecular weight is 403 g/mol. The van der Waals surface area contributed by atoms with Gasteiger partial charge in [-0.05, 0) is 68.0 Å². The summed E-state index contributed by atoms with van der Waals surface area (Å²) in [5.74, 6) is 0.343. The number of oxazole rings is 1. The van der Waals surface area contributed by atoms with E-state index in [9.17, 15) is 4.79 Å². The number of nitrogens with one attached hydrogen (secondary N) is 1. The summed E-state index contributed by atoms with van der Waals surface area (Å²) in [7, 11) is 0. The van der Waals surface area contributed by atoms with E-state index in [2.05, 4.69) is 16.4 Å². The molecule has 5 heteroatoms. The number of carbonyl (C=O) groups is 1. The van der Waals surface area contributed by atoms with Crippen molar-refractivity contribution < 1.29 is 9.21 Å². The number of aryl methyl sites for hydroxylation is 2. The summed E-state index contributed by atoms with van der Waals surface area (Å²) in [5, 5.41) is 3.51. The van der Waals surface area contributed by atoms with E-state index in [1.807, 2.05) is 44.2 Å². The second-order valence-corrected chi connectivity index (χ2v) is 7.39. The molecule has 144 valence electrons. The molecule has 0 unspecified atom stereocenters. The summed E-state index contributed by atoms with van der Waals surface area (Å²) in [6.07, 6.45) is 3.22. The van der Waals surface area contributed by atoms with Crippen molar-refractivity contribution in [1.29, 1.82) is 0 Å². The van der Waals surface area contributed by atoms with Gasteiger partial charge in [0.1, 0.15) is 5.52 Å². The van der Waals surface area contributed by atoms with Gasteiger partial charge in [-0.3, -0.25) is 4.79 Å². The molecule has 1 N–H and O–H groups in total. The van der Waals surface area contributed by atoms with Crippen LogP contribution < -0.4 is 5.32 Å². The van der Waals surface area contributed by atoms with Crippen LogP contribution in [0.15, 0.2) is 71.2 Å². The van der Waals surface area contributed by atoms with Crippen LogP contribution in [0.2, 0.25) is 5.02 Å². The lowest BCUT2D eigenvalue weighted by atomic mass is 10.1. The topological polar surface area (TPSA) is 55.1 Å². The third-order valence-corrected chi connectivity index (χ3v) is 4.67. The van der Waals surface area contributed by atoms with E-state index in [-0.39, 0.29) is 5.91 Å². The fourth-order valence-corrected chi connectivity index (χ4v) is 3.28. The highest BCUT2D eigenvalue weighted by molar-refractivity contribution is 6.30. The first kappa shape index (κ1) is 19.0. The van der Waals surface area contributed by atoms with Crippen molar-refractivity contribution in [2.45, 2.75) is 13.8 Å². The van der Waals surface area contributed by atoms with Crippen molar-refractivity contribution in [3.63, 3.8) is 0 Å². The molecule has 0 spiro atoms. The number of carbonyl (C=O) groups excluding carboxylic acids is 1. The summed E-state index contributed by atoms with van der Waals surface area (Å²) in [6.45, 7) is 4.09. The molecule has 0 fully saturated rings. The molecule has 4 aromatic rings. The highest BCUT2D eigenvalue weighted by Crippen LogP contribution is 2.27. The van der Waals surface area contributed by atoms with Crippen LogP contribution >= 0.6 is 11.6 Å². The first-order valence-corrected chi connectivity index (χ1v) is 9.58. The van der Waals surface area contributed by atoms with Crippen molar-refractivity contribution in [3.8, 4) is 11.5 Å². The second kappa shape index (κ2) is 7.94. The summed E-state index contributed by atoms with van der Waals surface area (Å²) in [5.41, 5.74) is 6.17. The first-order chi connectivity index (χ1) is 14.0. The standard InChI is InChI=1S/C24H19ClN2O2/c1-15-11-16(2)13-18(12-15)24-27-21-14-20(8-9-22(21)29-24)26-23(28)10-5-17-3-6-19(25)7-4-17/h3-14H,1-2H3,(H,26,28)/b10-5+. The van der Waals surface area contributed by atoms with E-state index in [0.29, 0.717) is 27.7 Å². The molecule has 1 amide bonds. The zero-order valence-electron chi connectivity index (χ0n) is 16.1. The minimum atomic E-state index is -0.225. The minimum Gasteiger partial charge on any atom is -0.436 e. The largest absolute Gasteiger partial charge is 0.436 e. The van der Waals surface area contributed by atoms with Gasteiger partial charge in [-0.2, -0.15) is 0 Å². The Kier molecular flexibility index (Phi) is 5.19. The van der Waals surface area contributed by atoms with Gasteiger partial charge in [-0.25, -0.2) is 4.98 Å². The molecule has 1 heterocycles. The third kappa shape index (κ3) is 4.55. The molecule has 0 bridgehead atoms. The zero-order valence-corrected chi connectivity index (χ0v) is 16.8. The lowest BCUT2D eigenvalue weighted by molar-refractivity contribution is -0.111. The number of aromatic nitrogens is 1. The van der Waals surface area contributed by atoms with Gasteiger partial charge in [-0.15, -0.1) is 0 Å². The molecule has 0 saturated carbocycles. The smallest absolute Gasteiger partial charge is 0.248 e. The molecular formula is C24H19ClN2O2. The van der Waals surface area contributed by atoms with Gasteiger partial charge in [0, 0.05) is 22.3 Å². The maximum absolute atomic E-state index is 12.2. The van der Waals surface area contributed by atoms with Gasteiger partial charge in [0.2, 0.25) is 11.8 Å². The Bertz CT molecular complexity index is 1200. The van der Waals surface area contributed by atoms with Crippen LogP contribution in [-0.4, -0.2) is 10.9 Å². The predicted octanol–water partition coefficient (Wildman–Crippen LogP) is 6.42. The van der Waals surface area contributed by atoms with Crippen molar-refractivity contribution >= 4 is 40.4 Å². The number of nitrogens with zero attached hydrogens (tertiary/aromatic N) is 1. The van der Waals surface area contributed by atoms with E-state index in [1.54, 1.807) is 30.3 Å². The van der Waals surface area contributed by atoms with Crippen molar-refractivity contribution in [3.05, 3.63) is 88.5 Å². The third-order valence-electron chi connectivity index (χ3n) is 4.42. The number of amides is 1. The van der Waals surface area contributed by atoms with Gasteiger partial charge < -0.3 is 9.73 Å². The Morgan fingerprint density at radius 3 is 2.45 bits per heavy atom. The van der Waals surface area contributed by atoms with E-state index in [0.717, 1.165) is 22.3 Å². The van der Waals surface area contributed by atoms with Crippen LogP contribution in [0.4, 0.5) is 5.69 Å². The Morgan fingerprint density at radius 1 is 1.00 bits per heavy atom. The lowest BCUT2D eigenvalue weighted by Gasteiger charge is -2.01. The van der Waals surface area contributed by atoms with E-state index in [4.69, 9.17) is 16.0 Å². The highest BCUT2D eigenvalue weighted by Gasteiger charge is 2.10. The van der Waals surface area contributed by atoms with E-state index in [1.165, 1.54) is 6.08 Å². The second-order valence-electron chi connectivity index (χ2n) is 6.95.